The van der Waals surface area contributed by atoms with Gasteiger partial charge in [0.1, 0.15) is 5.75 Å². The first-order valence-corrected chi connectivity index (χ1v) is 12.8. The maximum absolute atomic E-state index is 13.8. The summed E-state index contributed by atoms with van der Waals surface area (Å²) in [5, 5.41) is 0. The molecule has 194 valence electrons. The van der Waals surface area contributed by atoms with Gasteiger partial charge in [0, 0.05) is 0 Å². The number of allylic oxidation sites excluding steroid dienone is 1. The molecule has 0 aliphatic carbocycles. The SMILES string of the molecule is CCOC(=O)C1=C(C)N=c2sc(=Cc3ccc(C)c(OC)c3)c(=O)n2C1c1ccc(OC)c(OCC)c1. The van der Waals surface area contributed by atoms with Crippen LogP contribution in [0.3, 0.4) is 0 Å². The highest BCUT2D eigenvalue weighted by Crippen LogP contribution is 2.36. The van der Waals surface area contributed by atoms with Gasteiger partial charge in [-0.3, -0.25) is 9.36 Å². The quantitative estimate of drug-likeness (QED) is 0.421. The number of carbonyl (C=O) groups excluding carboxylic acids is 1. The molecule has 0 amide bonds. The van der Waals surface area contributed by atoms with Crippen molar-refractivity contribution in [3.63, 3.8) is 0 Å². The summed E-state index contributed by atoms with van der Waals surface area (Å²) in [5.74, 6) is 1.31. The molecule has 1 aromatic heterocycles. The molecule has 1 unspecified atom stereocenters. The number of hydrogen-bond acceptors (Lipinski definition) is 8. The minimum atomic E-state index is -0.741. The number of hydrogen-bond donors (Lipinski definition) is 0. The van der Waals surface area contributed by atoms with Gasteiger partial charge in [-0.1, -0.05) is 29.5 Å². The third-order valence-electron chi connectivity index (χ3n) is 6.05. The molecule has 0 spiro atoms. The average Bonchev–Trinajstić information content (AvgIpc) is 3.18. The van der Waals surface area contributed by atoms with Crippen molar-refractivity contribution in [1.29, 1.82) is 0 Å². The van der Waals surface area contributed by atoms with E-state index in [0.29, 0.717) is 44.3 Å². The second-order valence-electron chi connectivity index (χ2n) is 8.37. The van der Waals surface area contributed by atoms with Gasteiger partial charge >= 0.3 is 5.97 Å². The lowest BCUT2D eigenvalue weighted by Crippen LogP contribution is -2.40. The third kappa shape index (κ3) is 5.04. The van der Waals surface area contributed by atoms with Crippen molar-refractivity contribution in [2.45, 2.75) is 33.7 Å². The van der Waals surface area contributed by atoms with Gasteiger partial charge < -0.3 is 18.9 Å². The van der Waals surface area contributed by atoms with Crippen LogP contribution in [0.25, 0.3) is 6.08 Å². The maximum atomic E-state index is 13.8. The first-order chi connectivity index (χ1) is 17.8. The van der Waals surface area contributed by atoms with Crippen LogP contribution in [0, 0.1) is 6.92 Å². The summed E-state index contributed by atoms with van der Waals surface area (Å²) in [6.07, 6.45) is 1.81. The zero-order valence-electron chi connectivity index (χ0n) is 21.8. The van der Waals surface area contributed by atoms with E-state index in [1.165, 1.54) is 11.3 Å². The second-order valence-corrected chi connectivity index (χ2v) is 9.38. The summed E-state index contributed by atoms with van der Waals surface area (Å²) in [4.78, 5) is 32.1. The van der Waals surface area contributed by atoms with E-state index < -0.39 is 12.0 Å². The van der Waals surface area contributed by atoms with Crippen LogP contribution >= 0.6 is 11.3 Å². The minimum absolute atomic E-state index is 0.203. The average molecular weight is 523 g/mol. The van der Waals surface area contributed by atoms with Crippen molar-refractivity contribution in [3.8, 4) is 17.2 Å². The Morgan fingerprint density at radius 2 is 1.78 bits per heavy atom. The van der Waals surface area contributed by atoms with Crippen molar-refractivity contribution in [1.82, 2.24) is 4.57 Å². The number of carbonyl (C=O) groups is 1. The Hall–Kier alpha value is -3.85. The van der Waals surface area contributed by atoms with E-state index in [4.69, 9.17) is 18.9 Å². The highest BCUT2D eigenvalue weighted by Gasteiger charge is 2.34. The minimum Gasteiger partial charge on any atom is -0.496 e. The molecule has 2 aromatic carbocycles. The summed E-state index contributed by atoms with van der Waals surface area (Å²) in [6.45, 7) is 7.98. The van der Waals surface area contributed by atoms with Crippen LogP contribution < -0.4 is 29.1 Å². The highest BCUT2D eigenvalue weighted by molar-refractivity contribution is 7.07. The normalized spacial score (nSPS) is 15.2. The lowest BCUT2D eigenvalue weighted by atomic mass is 9.95. The Morgan fingerprint density at radius 3 is 2.46 bits per heavy atom. The number of fused-ring (bicyclic) bond motifs is 1. The fourth-order valence-electron chi connectivity index (χ4n) is 4.32. The molecule has 8 nitrogen and oxygen atoms in total. The van der Waals surface area contributed by atoms with Gasteiger partial charge in [-0.15, -0.1) is 0 Å². The number of ether oxygens (including phenoxy) is 4. The van der Waals surface area contributed by atoms with Crippen molar-refractivity contribution in [2.75, 3.05) is 27.4 Å². The molecular formula is C28H30N2O6S. The second kappa shape index (κ2) is 11.0. The van der Waals surface area contributed by atoms with Crippen LogP contribution in [0.4, 0.5) is 0 Å². The molecule has 1 atom stereocenters. The van der Waals surface area contributed by atoms with Gasteiger partial charge in [-0.2, -0.15) is 0 Å². The molecule has 37 heavy (non-hydrogen) atoms. The van der Waals surface area contributed by atoms with Gasteiger partial charge in [-0.05, 0) is 68.7 Å². The lowest BCUT2D eigenvalue weighted by molar-refractivity contribution is -0.139. The molecule has 0 saturated heterocycles. The summed E-state index contributed by atoms with van der Waals surface area (Å²) < 4.78 is 24.1. The van der Waals surface area contributed by atoms with E-state index in [1.54, 1.807) is 44.8 Å². The Balaban J connectivity index is 1.95. The fourth-order valence-corrected chi connectivity index (χ4v) is 5.36. The first kappa shape index (κ1) is 26.2. The number of aromatic nitrogens is 1. The predicted octanol–water partition coefficient (Wildman–Crippen LogP) is 3.52. The van der Waals surface area contributed by atoms with Crippen LogP contribution in [-0.2, 0) is 9.53 Å². The molecule has 0 N–H and O–H groups in total. The Labute approximate surface area is 219 Å². The molecule has 0 bridgehead atoms. The third-order valence-corrected chi connectivity index (χ3v) is 7.03. The summed E-state index contributed by atoms with van der Waals surface area (Å²) in [7, 11) is 3.18. The van der Waals surface area contributed by atoms with Crippen LogP contribution in [-0.4, -0.2) is 38.0 Å². The van der Waals surface area contributed by atoms with Crippen molar-refractivity contribution >= 4 is 23.4 Å². The largest absolute Gasteiger partial charge is 0.496 e. The number of thiazole rings is 1. The number of nitrogens with zero attached hydrogens (tertiary/aromatic N) is 2. The smallest absolute Gasteiger partial charge is 0.338 e. The van der Waals surface area contributed by atoms with Crippen LogP contribution in [0.5, 0.6) is 17.2 Å². The number of esters is 1. The highest BCUT2D eigenvalue weighted by atomic mass is 32.1. The zero-order valence-corrected chi connectivity index (χ0v) is 22.6. The predicted molar refractivity (Wildman–Crippen MR) is 142 cm³/mol. The lowest BCUT2D eigenvalue weighted by Gasteiger charge is -2.25. The van der Waals surface area contributed by atoms with Crippen LogP contribution in [0.15, 0.2) is 57.5 Å². The first-order valence-electron chi connectivity index (χ1n) is 12.0. The van der Waals surface area contributed by atoms with E-state index in [1.807, 2.05) is 44.2 Å². The Bertz CT molecular complexity index is 1550. The molecule has 1 aliphatic rings. The van der Waals surface area contributed by atoms with Gasteiger partial charge in [0.2, 0.25) is 0 Å². The number of benzene rings is 2. The summed E-state index contributed by atoms with van der Waals surface area (Å²) in [5.41, 5.74) is 3.07. The van der Waals surface area contributed by atoms with E-state index in [2.05, 4.69) is 4.99 Å². The van der Waals surface area contributed by atoms with E-state index in [-0.39, 0.29) is 12.2 Å². The molecule has 0 saturated carbocycles. The van der Waals surface area contributed by atoms with Gasteiger partial charge in [0.15, 0.2) is 16.3 Å². The standard InChI is InChI=1S/C28H30N2O6S/c1-7-35-22-15-19(11-12-20(22)33-5)25-24(27(32)36-8-2)17(4)29-28-30(25)26(31)23(37-28)14-18-10-9-16(3)21(13-18)34-6/h9-15,25H,7-8H2,1-6H3. The topological polar surface area (TPSA) is 88.4 Å². The summed E-state index contributed by atoms with van der Waals surface area (Å²) in [6, 6.07) is 10.4. The van der Waals surface area contributed by atoms with E-state index >= 15 is 0 Å². The number of rotatable bonds is 8. The summed E-state index contributed by atoms with van der Waals surface area (Å²) >= 11 is 1.27. The van der Waals surface area contributed by atoms with Crippen molar-refractivity contribution in [2.24, 2.45) is 4.99 Å². The number of aryl methyl sites for hydroxylation is 1. The molecule has 0 radical (unpaired) electrons. The fraction of sp³-hybridized carbons (Fsp3) is 0.321. The van der Waals surface area contributed by atoms with Crippen LogP contribution in [0.2, 0.25) is 0 Å². The molecule has 1 aliphatic heterocycles. The molecule has 4 rings (SSSR count). The maximum Gasteiger partial charge on any atom is 0.338 e. The van der Waals surface area contributed by atoms with Crippen molar-refractivity contribution in [3.05, 3.63) is 84.0 Å². The Morgan fingerprint density at radius 1 is 1.03 bits per heavy atom. The van der Waals surface area contributed by atoms with Gasteiger partial charge in [0.25, 0.3) is 5.56 Å². The molecule has 3 aromatic rings. The van der Waals surface area contributed by atoms with Gasteiger partial charge in [0.05, 0.1) is 49.3 Å². The molecule has 9 heteroatoms. The molecular weight excluding hydrogens is 492 g/mol. The molecule has 2 heterocycles. The van der Waals surface area contributed by atoms with Crippen molar-refractivity contribution < 1.29 is 23.7 Å². The molecule has 0 fully saturated rings. The number of methoxy groups -OCH3 is 2. The zero-order chi connectivity index (χ0) is 26.7. The monoisotopic (exact) mass is 522 g/mol. The van der Waals surface area contributed by atoms with E-state index in [9.17, 15) is 9.59 Å². The van der Waals surface area contributed by atoms with Crippen LogP contribution in [0.1, 0.15) is 43.5 Å². The Kier molecular flexibility index (Phi) is 7.83. The van der Waals surface area contributed by atoms with Gasteiger partial charge in [-0.25, -0.2) is 9.79 Å². The van der Waals surface area contributed by atoms with E-state index in [0.717, 1.165) is 16.9 Å².